The van der Waals surface area contributed by atoms with Gasteiger partial charge in [0.25, 0.3) is 0 Å². The highest BCUT2D eigenvalue weighted by Crippen LogP contribution is 2.39. The number of hydrogen-bond acceptors (Lipinski definition) is 2. The van der Waals surface area contributed by atoms with E-state index < -0.39 is 6.61 Å². The van der Waals surface area contributed by atoms with Crippen molar-refractivity contribution >= 4 is 16.6 Å². The molecule has 3 nitrogen and oxygen atoms in total. The molecule has 0 aliphatic carbocycles. The molecule has 0 saturated carbocycles. The maximum atomic E-state index is 12.9. The summed E-state index contributed by atoms with van der Waals surface area (Å²) in [6.07, 6.45) is 0.873. The van der Waals surface area contributed by atoms with Crippen LogP contribution < -0.4 is 4.74 Å². The highest BCUT2D eigenvalue weighted by Gasteiger charge is 2.33. The maximum Gasteiger partial charge on any atom is 0.387 e. The first-order valence-corrected chi connectivity index (χ1v) is 9.97. The van der Waals surface area contributed by atoms with Crippen molar-refractivity contribution in [3.8, 4) is 5.75 Å². The van der Waals surface area contributed by atoms with Crippen LogP contribution in [0.4, 0.5) is 8.78 Å². The predicted molar refractivity (Wildman–Crippen MR) is 113 cm³/mol. The van der Waals surface area contributed by atoms with Crippen molar-refractivity contribution in [2.75, 3.05) is 0 Å². The topological polar surface area (TPSA) is 26.5 Å². The van der Waals surface area contributed by atoms with Crippen LogP contribution in [-0.4, -0.2) is 16.9 Å². The van der Waals surface area contributed by atoms with Crippen LogP contribution in [0, 0.1) is 11.3 Å². The summed E-state index contributed by atoms with van der Waals surface area (Å²) in [5, 5.41) is 0.713. The quantitative estimate of drug-likeness (QED) is 0.508. The highest BCUT2D eigenvalue weighted by molar-refractivity contribution is 6.05. The molecule has 29 heavy (non-hydrogen) atoms. The average molecular weight is 396 g/mol. The van der Waals surface area contributed by atoms with Crippen LogP contribution in [0.3, 0.4) is 0 Å². The Bertz CT molecular complexity index is 1030. The molecular weight excluding hydrogens is 370 g/mol. The van der Waals surface area contributed by atoms with E-state index in [1.807, 2.05) is 30.3 Å². The molecule has 3 aromatic rings. The second-order valence-electron chi connectivity index (χ2n) is 8.72. The highest BCUT2D eigenvalue weighted by atomic mass is 19.3. The Morgan fingerprint density at radius 2 is 1.86 bits per heavy atom. The molecule has 1 aliphatic rings. The number of benzene rings is 2. The van der Waals surface area contributed by atoms with Crippen molar-refractivity contribution in [1.29, 1.82) is 0 Å². The fourth-order valence-electron chi connectivity index (χ4n) is 4.01. The molecule has 4 rings (SSSR count). The molecule has 152 valence electrons. The zero-order valence-electron chi connectivity index (χ0n) is 17.0. The summed E-state index contributed by atoms with van der Waals surface area (Å²) >= 11 is 0. The van der Waals surface area contributed by atoms with Crippen molar-refractivity contribution in [1.82, 2.24) is 4.57 Å². The largest absolute Gasteiger partial charge is 0.434 e. The Hall–Kier alpha value is -2.69. The maximum absolute atomic E-state index is 12.9. The van der Waals surface area contributed by atoms with E-state index in [-0.39, 0.29) is 11.2 Å². The first kappa shape index (κ1) is 19.6. The van der Waals surface area contributed by atoms with Crippen LogP contribution in [0.5, 0.6) is 5.75 Å². The van der Waals surface area contributed by atoms with Gasteiger partial charge in [-0.25, -0.2) is 0 Å². The van der Waals surface area contributed by atoms with Crippen LogP contribution in [0.15, 0.2) is 59.6 Å². The Kier molecular flexibility index (Phi) is 5.15. The smallest absolute Gasteiger partial charge is 0.387 e. The SMILES string of the molecule is CC(C)(C)C1CC(=NCc2ccccc2)c2cc3c(OC(F)F)cccc3n2C1. The fourth-order valence-corrected chi connectivity index (χ4v) is 4.01. The molecule has 1 aliphatic heterocycles. The van der Waals surface area contributed by atoms with Crippen molar-refractivity contribution < 1.29 is 13.5 Å². The van der Waals surface area contributed by atoms with Crippen LogP contribution in [0.25, 0.3) is 10.9 Å². The van der Waals surface area contributed by atoms with Gasteiger partial charge in [0, 0.05) is 11.9 Å². The van der Waals surface area contributed by atoms with Crippen LogP contribution in [-0.2, 0) is 13.1 Å². The van der Waals surface area contributed by atoms with E-state index in [1.165, 1.54) is 0 Å². The molecule has 1 atom stereocenters. The third kappa shape index (κ3) is 4.04. The van der Waals surface area contributed by atoms with Gasteiger partial charge in [-0.2, -0.15) is 8.78 Å². The van der Waals surface area contributed by atoms with Crippen LogP contribution in [0.1, 0.15) is 38.4 Å². The molecule has 0 N–H and O–H groups in total. The second-order valence-corrected chi connectivity index (χ2v) is 8.72. The molecule has 1 unspecified atom stereocenters. The molecule has 2 aromatic carbocycles. The number of alkyl halides is 2. The number of aliphatic imine (C=N–C) groups is 1. The van der Waals surface area contributed by atoms with Crippen molar-refractivity contribution in [3.05, 3.63) is 65.9 Å². The number of ether oxygens (including phenoxy) is 1. The van der Waals surface area contributed by atoms with E-state index in [0.717, 1.165) is 35.5 Å². The molecule has 1 aromatic heterocycles. The predicted octanol–water partition coefficient (Wildman–Crippen LogP) is 6.30. The third-order valence-electron chi connectivity index (χ3n) is 5.78. The van der Waals surface area contributed by atoms with Crippen LogP contribution in [0.2, 0.25) is 0 Å². The van der Waals surface area contributed by atoms with E-state index in [1.54, 1.807) is 12.1 Å². The zero-order valence-corrected chi connectivity index (χ0v) is 17.0. The first-order chi connectivity index (χ1) is 13.8. The van der Waals surface area contributed by atoms with E-state index in [4.69, 9.17) is 9.73 Å². The van der Waals surface area contributed by atoms with E-state index in [2.05, 4.69) is 37.5 Å². The van der Waals surface area contributed by atoms with Gasteiger partial charge in [-0.05, 0) is 41.5 Å². The Balaban J connectivity index is 1.81. The minimum atomic E-state index is -2.84. The normalized spacial score (nSPS) is 18.4. The number of rotatable bonds is 4. The van der Waals surface area contributed by atoms with Gasteiger partial charge in [0.1, 0.15) is 5.75 Å². The van der Waals surface area contributed by atoms with E-state index in [0.29, 0.717) is 17.8 Å². The molecule has 0 radical (unpaired) electrons. The third-order valence-corrected chi connectivity index (χ3v) is 5.78. The summed E-state index contributed by atoms with van der Waals surface area (Å²) in [6.45, 7) is 5.34. The van der Waals surface area contributed by atoms with Crippen molar-refractivity contribution in [2.45, 2.75) is 46.9 Å². The molecule has 0 amide bonds. The Morgan fingerprint density at radius 1 is 1.10 bits per heavy atom. The van der Waals surface area contributed by atoms with Crippen molar-refractivity contribution in [3.63, 3.8) is 0 Å². The van der Waals surface area contributed by atoms with E-state index >= 15 is 0 Å². The van der Waals surface area contributed by atoms with E-state index in [9.17, 15) is 8.78 Å². The summed E-state index contributed by atoms with van der Waals surface area (Å²) in [4.78, 5) is 4.95. The van der Waals surface area contributed by atoms with Gasteiger partial charge in [-0.3, -0.25) is 4.99 Å². The van der Waals surface area contributed by atoms with Crippen LogP contribution >= 0.6 is 0 Å². The number of hydrogen-bond donors (Lipinski definition) is 0. The molecule has 2 heterocycles. The lowest BCUT2D eigenvalue weighted by molar-refractivity contribution is -0.0487. The van der Waals surface area contributed by atoms with Gasteiger partial charge in [0.05, 0.1) is 23.5 Å². The Morgan fingerprint density at radius 3 is 2.55 bits per heavy atom. The van der Waals surface area contributed by atoms with Gasteiger partial charge in [0.2, 0.25) is 0 Å². The summed E-state index contributed by atoms with van der Waals surface area (Å²) in [7, 11) is 0. The fraction of sp³-hybridized carbons (Fsp3) is 0.375. The summed E-state index contributed by atoms with van der Waals surface area (Å²) < 4.78 is 32.8. The second kappa shape index (κ2) is 7.62. The average Bonchev–Trinajstić information content (AvgIpc) is 3.06. The Labute approximate surface area is 170 Å². The number of aromatic nitrogens is 1. The van der Waals surface area contributed by atoms with Gasteiger partial charge in [-0.1, -0.05) is 57.2 Å². The lowest BCUT2D eigenvalue weighted by Gasteiger charge is -2.36. The number of nitrogens with zero attached hydrogens (tertiary/aromatic N) is 2. The molecule has 0 bridgehead atoms. The zero-order chi connectivity index (χ0) is 20.6. The molecule has 0 fully saturated rings. The molecule has 5 heteroatoms. The number of fused-ring (bicyclic) bond motifs is 3. The van der Waals surface area contributed by atoms with Gasteiger partial charge >= 0.3 is 6.61 Å². The lowest BCUT2D eigenvalue weighted by Crippen LogP contribution is -2.33. The standard InChI is InChI=1S/C24H26F2N2O/c1-24(2,3)17-12-19(27-14-16-8-5-4-6-9-16)21-13-18-20(28(21)15-17)10-7-11-22(18)29-23(25)26/h4-11,13,17,23H,12,14-15H2,1-3H3. The van der Waals surface area contributed by atoms with Crippen molar-refractivity contribution in [2.24, 2.45) is 16.3 Å². The molecule has 0 saturated heterocycles. The summed E-state index contributed by atoms with van der Waals surface area (Å²) in [5.41, 5.74) is 4.21. The molecule has 0 spiro atoms. The summed E-state index contributed by atoms with van der Waals surface area (Å²) in [6, 6.07) is 17.5. The number of halogens is 2. The monoisotopic (exact) mass is 396 g/mol. The molecular formula is C24H26F2N2O. The first-order valence-electron chi connectivity index (χ1n) is 9.97. The minimum Gasteiger partial charge on any atom is -0.434 e. The van der Waals surface area contributed by atoms with Gasteiger partial charge < -0.3 is 9.30 Å². The summed E-state index contributed by atoms with van der Waals surface area (Å²) in [5.74, 6) is 0.619. The van der Waals surface area contributed by atoms with Gasteiger partial charge in [-0.15, -0.1) is 0 Å². The lowest BCUT2D eigenvalue weighted by atomic mass is 9.76. The minimum absolute atomic E-state index is 0.110. The van der Waals surface area contributed by atoms with Gasteiger partial charge in [0.15, 0.2) is 0 Å².